The van der Waals surface area contributed by atoms with Gasteiger partial charge in [-0.3, -0.25) is 19.3 Å². The lowest BCUT2D eigenvalue weighted by molar-refractivity contribution is -0.153. The molecule has 0 bridgehead atoms. The molecule has 0 aromatic heterocycles. The number of aliphatic hydroxyl groups excluding tert-OH is 2. The van der Waals surface area contributed by atoms with Crippen molar-refractivity contribution in [2.75, 3.05) is 33.1 Å². The summed E-state index contributed by atoms with van der Waals surface area (Å²) in [5.74, 6) is -7.04. The highest BCUT2D eigenvalue weighted by molar-refractivity contribution is 6.24. The molecule has 2 aromatic carbocycles. The quantitative estimate of drug-likeness (QED) is 0.303. The maximum Gasteiger partial charge on any atom is 0.255 e. The molecule has 1 saturated carbocycles. The fourth-order valence-electron chi connectivity index (χ4n) is 7.07. The third-order valence-corrected chi connectivity index (χ3v) is 9.08. The number of carbonyl (C=O) groups is 3. The lowest BCUT2D eigenvalue weighted by Crippen LogP contribution is -2.65. The van der Waals surface area contributed by atoms with E-state index in [9.17, 15) is 39.2 Å². The Labute approximate surface area is 248 Å². The standard InChI is InChI=1S/C32H36FN3O7/c1-35(2)21-14-16(7-5-6-15-8-10-18(33)11-9-15)26(37)23-19(21)12-17-13-20-25(36(3)4)28(39)24(31(34)42)30(41)32(20,43)29(40)22(17)27(23)38/h8-11,14,17,20,25,37-38,41,43H,5-7,12-13H2,1-4H3,(H2,34,42)/t17-,20-,25-,32-/m0/s1. The average molecular weight is 594 g/mol. The molecule has 0 saturated heterocycles. The zero-order valence-electron chi connectivity index (χ0n) is 24.5. The molecule has 1 amide bonds. The number of phenols is 1. The molecule has 0 unspecified atom stereocenters. The second-order valence-electron chi connectivity index (χ2n) is 12.1. The van der Waals surface area contributed by atoms with E-state index in [0.29, 0.717) is 30.4 Å². The number of nitrogens with zero attached hydrogens (tertiary/aromatic N) is 2. The predicted octanol–water partition coefficient (Wildman–Crippen LogP) is 2.34. The van der Waals surface area contributed by atoms with Crippen LogP contribution in [-0.2, 0) is 33.6 Å². The maximum atomic E-state index is 14.1. The highest BCUT2D eigenvalue weighted by atomic mass is 19.1. The number of rotatable bonds is 7. The summed E-state index contributed by atoms with van der Waals surface area (Å²) in [6.45, 7) is 0. The van der Waals surface area contributed by atoms with Crippen LogP contribution >= 0.6 is 0 Å². The van der Waals surface area contributed by atoms with Gasteiger partial charge < -0.3 is 31.1 Å². The van der Waals surface area contributed by atoms with Gasteiger partial charge in [0, 0.05) is 31.3 Å². The SMILES string of the molecule is CN(C)c1cc(CCCc2ccc(F)cc2)c(O)c2c1C[C@H]1C[C@H]3[C@H](N(C)C)C(=O)C(C(N)=O)=C(O)[C@@]3(O)C(=O)C1=C2O. The van der Waals surface area contributed by atoms with Crippen molar-refractivity contribution in [1.29, 1.82) is 0 Å². The van der Waals surface area contributed by atoms with E-state index in [1.807, 2.05) is 25.1 Å². The van der Waals surface area contributed by atoms with Gasteiger partial charge in [-0.1, -0.05) is 12.1 Å². The number of aliphatic hydroxyl groups is 3. The van der Waals surface area contributed by atoms with E-state index in [0.717, 1.165) is 11.3 Å². The molecule has 2 aromatic rings. The van der Waals surface area contributed by atoms with Crippen LogP contribution in [-0.4, -0.2) is 82.6 Å². The van der Waals surface area contributed by atoms with Crippen molar-refractivity contribution < 1.29 is 39.2 Å². The Kier molecular flexibility index (Phi) is 7.60. The van der Waals surface area contributed by atoms with Crippen molar-refractivity contribution >= 4 is 28.9 Å². The number of halogens is 1. The molecule has 6 N–H and O–H groups in total. The van der Waals surface area contributed by atoms with E-state index < -0.39 is 58.0 Å². The fraction of sp³-hybridized carbons (Fsp3) is 0.406. The fourth-order valence-corrected chi connectivity index (χ4v) is 7.07. The highest BCUT2D eigenvalue weighted by Crippen LogP contribution is 2.54. The minimum atomic E-state index is -2.68. The lowest BCUT2D eigenvalue weighted by Gasteiger charge is -2.50. The number of hydrogen-bond acceptors (Lipinski definition) is 9. The molecule has 0 radical (unpaired) electrons. The van der Waals surface area contributed by atoms with Crippen LogP contribution in [0.25, 0.3) is 5.76 Å². The Balaban J connectivity index is 1.61. The van der Waals surface area contributed by atoms with Crippen molar-refractivity contribution in [2.45, 2.75) is 43.7 Å². The zero-order chi connectivity index (χ0) is 31.5. The van der Waals surface area contributed by atoms with E-state index in [1.165, 1.54) is 17.0 Å². The van der Waals surface area contributed by atoms with E-state index in [4.69, 9.17) is 5.73 Å². The number of benzene rings is 2. The van der Waals surface area contributed by atoms with Gasteiger partial charge in [-0.15, -0.1) is 0 Å². The Hall–Kier alpha value is -4.22. The summed E-state index contributed by atoms with van der Waals surface area (Å²) in [6.07, 6.45) is 1.89. The van der Waals surface area contributed by atoms with Gasteiger partial charge in [0.1, 0.15) is 28.7 Å². The van der Waals surface area contributed by atoms with Crippen LogP contribution in [0.4, 0.5) is 10.1 Å². The lowest BCUT2D eigenvalue weighted by atomic mass is 9.57. The van der Waals surface area contributed by atoms with Crippen LogP contribution in [0.3, 0.4) is 0 Å². The molecule has 11 heteroatoms. The number of aryl methyl sites for hydroxylation is 2. The molecule has 3 aliphatic carbocycles. The zero-order valence-corrected chi connectivity index (χ0v) is 24.5. The molecule has 0 spiro atoms. The number of amides is 1. The molecule has 4 atom stereocenters. The van der Waals surface area contributed by atoms with Crippen LogP contribution < -0.4 is 10.6 Å². The van der Waals surface area contributed by atoms with Gasteiger partial charge in [0.15, 0.2) is 11.4 Å². The van der Waals surface area contributed by atoms with Gasteiger partial charge in [-0.2, -0.15) is 0 Å². The number of likely N-dealkylation sites (N-methyl/N-ethyl adjacent to an activating group) is 1. The first-order valence-corrected chi connectivity index (χ1v) is 14.1. The number of anilines is 1. The van der Waals surface area contributed by atoms with Crippen LogP contribution in [0, 0.1) is 17.7 Å². The number of nitrogens with two attached hydrogens (primary N) is 1. The molecule has 1 fully saturated rings. The summed E-state index contributed by atoms with van der Waals surface area (Å²) >= 11 is 0. The van der Waals surface area contributed by atoms with Gasteiger partial charge in [0.05, 0.1) is 11.6 Å². The molecule has 5 rings (SSSR count). The second kappa shape index (κ2) is 10.8. The Morgan fingerprint density at radius 2 is 1.72 bits per heavy atom. The van der Waals surface area contributed by atoms with E-state index in [2.05, 4.69) is 0 Å². The van der Waals surface area contributed by atoms with E-state index >= 15 is 0 Å². The minimum Gasteiger partial charge on any atom is -0.508 e. The smallest absolute Gasteiger partial charge is 0.255 e. The molecular weight excluding hydrogens is 557 g/mol. The van der Waals surface area contributed by atoms with Crippen LogP contribution in [0.5, 0.6) is 5.75 Å². The first-order valence-electron chi connectivity index (χ1n) is 14.1. The van der Waals surface area contributed by atoms with E-state index in [1.54, 1.807) is 26.2 Å². The summed E-state index contributed by atoms with van der Waals surface area (Å²) in [4.78, 5) is 42.9. The normalized spacial score (nSPS) is 25.0. The van der Waals surface area contributed by atoms with Gasteiger partial charge >= 0.3 is 0 Å². The summed E-state index contributed by atoms with van der Waals surface area (Å²) < 4.78 is 13.3. The van der Waals surface area contributed by atoms with Gasteiger partial charge in [0.2, 0.25) is 5.78 Å². The average Bonchev–Trinajstić information content (AvgIpc) is 2.92. The molecular formula is C32H36FN3O7. The van der Waals surface area contributed by atoms with E-state index in [-0.39, 0.29) is 35.5 Å². The number of ketones is 2. The maximum absolute atomic E-state index is 14.1. The summed E-state index contributed by atoms with van der Waals surface area (Å²) in [5.41, 5.74) is 4.54. The molecule has 0 aliphatic heterocycles. The monoisotopic (exact) mass is 593 g/mol. The Bertz CT molecular complexity index is 1590. The van der Waals surface area contributed by atoms with Gasteiger partial charge in [-0.25, -0.2) is 4.39 Å². The van der Waals surface area contributed by atoms with Crippen LogP contribution in [0.1, 0.15) is 35.1 Å². The van der Waals surface area contributed by atoms with Crippen molar-refractivity contribution in [3.05, 3.63) is 75.3 Å². The number of phenolic OH excluding ortho intramolecular Hbond substituents is 1. The summed E-state index contributed by atoms with van der Waals surface area (Å²) in [5, 5.41) is 45.9. The second-order valence-corrected chi connectivity index (χ2v) is 12.1. The predicted molar refractivity (Wildman–Crippen MR) is 157 cm³/mol. The third kappa shape index (κ3) is 4.67. The van der Waals surface area contributed by atoms with Gasteiger partial charge in [0.25, 0.3) is 5.91 Å². The molecule has 3 aliphatic rings. The summed E-state index contributed by atoms with van der Waals surface area (Å²) in [6, 6.07) is 6.88. The number of primary amides is 1. The van der Waals surface area contributed by atoms with Crippen molar-refractivity contribution in [2.24, 2.45) is 17.6 Å². The molecule has 10 nitrogen and oxygen atoms in total. The first-order chi connectivity index (χ1) is 20.2. The first kappa shape index (κ1) is 30.2. The topological polar surface area (TPSA) is 165 Å². The highest BCUT2D eigenvalue weighted by Gasteiger charge is 2.64. The van der Waals surface area contributed by atoms with Crippen LogP contribution in [0.2, 0.25) is 0 Å². The number of aromatic hydroxyl groups is 1. The van der Waals surface area contributed by atoms with Crippen molar-refractivity contribution in [3.8, 4) is 5.75 Å². The van der Waals surface area contributed by atoms with Gasteiger partial charge in [-0.05, 0) is 87.0 Å². The summed E-state index contributed by atoms with van der Waals surface area (Å²) in [7, 11) is 6.78. The number of hydrogen-bond donors (Lipinski definition) is 5. The number of Topliss-reactive ketones (excluding diaryl/α,β-unsaturated/α-hetero) is 2. The molecule has 0 heterocycles. The Morgan fingerprint density at radius 3 is 2.30 bits per heavy atom. The largest absolute Gasteiger partial charge is 0.508 e. The molecule has 228 valence electrons. The molecule has 43 heavy (non-hydrogen) atoms. The number of carbonyl (C=O) groups excluding carboxylic acids is 3. The minimum absolute atomic E-state index is 0.0266. The number of fused-ring (bicyclic) bond motifs is 3. The van der Waals surface area contributed by atoms with Crippen molar-refractivity contribution in [1.82, 2.24) is 4.90 Å². The Morgan fingerprint density at radius 1 is 1.07 bits per heavy atom. The van der Waals surface area contributed by atoms with Crippen molar-refractivity contribution in [3.63, 3.8) is 0 Å². The van der Waals surface area contributed by atoms with Crippen LogP contribution in [0.15, 0.2) is 47.2 Å². The third-order valence-electron chi connectivity index (χ3n) is 9.08.